The van der Waals surface area contributed by atoms with E-state index < -0.39 is 0 Å². The maximum Gasteiger partial charge on any atom is 0.0620 e. The van der Waals surface area contributed by atoms with Crippen LogP contribution in [0.2, 0.25) is 0 Å². The van der Waals surface area contributed by atoms with E-state index in [2.05, 4.69) is 23.6 Å². The minimum absolute atomic E-state index is 0.604. The van der Waals surface area contributed by atoms with Gasteiger partial charge in [-0.05, 0) is 25.3 Å². The predicted octanol–water partition coefficient (Wildman–Crippen LogP) is 1.44. The average Bonchev–Trinajstić information content (AvgIpc) is 2.72. The highest BCUT2D eigenvalue weighted by atomic mass is 16.5. The third-order valence-corrected chi connectivity index (χ3v) is 4.19. The number of nitrogens with zero attached hydrogens (tertiary/aromatic N) is 2. The highest BCUT2D eigenvalue weighted by Gasteiger charge is 2.34. The van der Waals surface area contributed by atoms with Crippen LogP contribution < -0.4 is 0 Å². The summed E-state index contributed by atoms with van der Waals surface area (Å²) in [6.45, 7) is 10.6. The average molecular weight is 226 g/mol. The standard InChI is InChI=1S/C13H26N2O/c1-11(2)13(10-16-3)15-8-7-14-6-4-5-12(14)9-15/h11-13H,4-10H2,1-3H3. The monoisotopic (exact) mass is 226 g/mol. The molecule has 2 fully saturated rings. The Morgan fingerprint density at radius 3 is 2.75 bits per heavy atom. The van der Waals surface area contributed by atoms with Crippen molar-refractivity contribution in [1.82, 2.24) is 9.80 Å². The Morgan fingerprint density at radius 2 is 2.06 bits per heavy atom. The summed E-state index contributed by atoms with van der Waals surface area (Å²) in [6, 6.07) is 1.43. The van der Waals surface area contributed by atoms with Crippen molar-refractivity contribution in [2.24, 2.45) is 5.92 Å². The predicted molar refractivity (Wildman–Crippen MR) is 66.7 cm³/mol. The van der Waals surface area contributed by atoms with E-state index >= 15 is 0 Å². The number of hydrogen-bond acceptors (Lipinski definition) is 3. The van der Waals surface area contributed by atoms with Crippen molar-refractivity contribution in [1.29, 1.82) is 0 Å². The summed E-state index contributed by atoms with van der Waals surface area (Å²) in [7, 11) is 1.82. The van der Waals surface area contributed by atoms with Crippen LogP contribution in [0.3, 0.4) is 0 Å². The van der Waals surface area contributed by atoms with Gasteiger partial charge in [0.15, 0.2) is 0 Å². The fourth-order valence-electron chi connectivity index (χ4n) is 3.21. The van der Waals surface area contributed by atoms with Gasteiger partial charge in [0.1, 0.15) is 0 Å². The Bertz CT molecular complexity index is 220. The van der Waals surface area contributed by atoms with Gasteiger partial charge in [-0.25, -0.2) is 0 Å². The van der Waals surface area contributed by atoms with E-state index in [1.165, 1.54) is 39.0 Å². The molecular formula is C13H26N2O. The molecule has 2 heterocycles. The van der Waals surface area contributed by atoms with Gasteiger partial charge in [-0.1, -0.05) is 13.8 Å². The molecule has 94 valence electrons. The molecule has 0 spiro atoms. The maximum absolute atomic E-state index is 5.37. The third-order valence-electron chi connectivity index (χ3n) is 4.19. The summed E-state index contributed by atoms with van der Waals surface area (Å²) in [5.41, 5.74) is 0. The third kappa shape index (κ3) is 2.58. The first-order valence-electron chi connectivity index (χ1n) is 6.69. The van der Waals surface area contributed by atoms with Crippen molar-refractivity contribution in [2.45, 2.75) is 38.8 Å². The number of fused-ring (bicyclic) bond motifs is 1. The molecule has 16 heavy (non-hydrogen) atoms. The summed E-state index contributed by atoms with van der Waals surface area (Å²) in [5.74, 6) is 0.688. The first-order valence-corrected chi connectivity index (χ1v) is 6.69. The summed E-state index contributed by atoms with van der Waals surface area (Å²) in [6.07, 6.45) is 2.80. The van der Waals surface area contributed by atoms with Crippen LogP contribution >= 0.6 is 0 Å². The molecule has 0 amide bonds. The lowest BCUT2D eigenvalue weighted by atomic mass is 10.0. The minimum Gasteiger partial charge on any atom is -0.383 e. The van der Waals surface area contributed by atoms with Crippen LogP contribution in [0.4, 0.5) is 0 Å². The number of hydrogen-bond donors (Lipinski definition) is 0. The van der Waals surface area contributed by atoms with E-state index in [0.717, 1.165) is 12.6 Å². The molecule has 3 heteroatoms. The molecule has 3 nitrogen and oxygen atoms in total. The van der Waals surface area contributed by atoms with Crippen molar-refractivity contribution in [3.05, 3.63) is 0 Å². The van der Waals surface area contributed by atoms with Crippen molar-refractivity contribution < 1.29 is 4.74 Å². The normalized spacial score (nSPS) is 29.6. The SMILES string of the molecule is COCC(C(C)C)N1CCN2CCCC2C1. The molecule has 2 aliphatic rings. The van der Waals surface area contributed by atoms with Gasteiger partial charge in [0.05, 0.1) is 6.61 Å². The molecule has 0 aliphatic carbocycles. The van der Waals surface area contributed by atoms with E-state index in [4.69, 9.17) is 4.74 Å². The van der Waals surface area contributed by atoms with Gasteiger partial charge in [0.2, 0.25) is 0 Å². The van der Waals surface area contributed by atoms with Crippen molar-refractivity contribution >= 4 is 0 Å². The molecule has 0 saturated carbocycles. The second-order valence-electron chi connectivity index (χ2n) is 5.59. The van der Waals surface area contributed by atoms with Gasteiger partial charge in [0.25, 0.3) is 0 Å². The number of ether oxygens (including phenoxy) is 1. The molecular weight excluding hydrogens is 200 g/mol. The zero-order chi connectivity index (χ0) is 11.5. The summed E-state index contributed by atoms with van der Waals surface area (Å²) in [5, 5.41) is 0. The molecule has 2 saturated heterocycles. The largest absolute Gasteiger partial charge is 0.383 e. The second kappa shape index (κ2) is 5.48. The molecule has 0 aromatic rings. The first-order chi connectivity index (χ1) is 7.72. The summed E-state index contributed by atoms with van der Waals surface area (Å²) >= 11 is 0. The van der Waals surface area contributed by atoms with E-state index in [1.807, 2.05) is 7.11 Å². The van der Waals surface area contributed by atoms with Crippen LogP contribution in [0, 0.1) is 5.92 Å². The Morgan fingerprint density at radius 1 is 1.25 bits per heavy atom. The Hall–Kier alpha value is -0.120. The highest BCUT2D eigenvalue weighted by Crippen LogP contribution is 2.24. The Kier molecular flexibility index (Phi) is 4.22. The Balaban J connectivity index is 1.93. The molecule has 0 bridgehead atoms. The Labute approximate surface area is 99.7 Å². The second-order valence-corrected chi connectivity index (χ2v) is 5.59. The van der Waals surface area contributed by atoms with E-state index in [1.54, 1.807) is 0 Å². The fraction of sp³-hybridized carbons (Fsp3) is 1.00. The topological polar surface area (TPSA) is 15.7 Å². The lowest BCUT2D eigenvalue weighted by Gasteiger charge is -2.42. The van der Waals surface area contributed by atoms with Gasteiger partial charge in [-0.2, -0.15) is 0 Å². The fourth-order valence-corrected chi connectivity index (χ4v) is 3.21. The lowest BCUT2D eigenvalue weighted by Crippen LogP contribution is -2.55. The first kappa shape index (κ1) is 12.3. The molecule has 0 aromatic carbocycles. The summed E-state index contributed by atoms with van der Waals surface area (Å²) < 4.78 is 5.37. The zero-order valence-electron chi connectivity index (χ0n) is 11.0. The number of rotatable bonds is 4. The highest BCUT2D eigenvalue weighted by molar-refractivity contribution is 4.90. The minimum atomic E-state index is 0.604. The van der Waals surface area contributed by atoms with Crippen molar-refractivity contribution in [2.75, 3.05) is 39.9 Å². The molecule has 2 unspecified atom stereocenters. The van der Waals surface area contributed by atoms with E-state index in [-0.39, 0.29) is 0 Å². The van der Waals surface area contributed by atoms with Crippen LogP contribution in [-0.2, 0) is 4.74 Å². The van der Waals surface area contributed by atoms with Crippen LogP contribution in [0.25, 0.3) is 0 Å². The van der Waals surface area contributed by atoms with Crippen LogP contribution in [0.15, 0.2) is 0 Å². The van der Waals surface area contributed by atoms with Crippen molar-refractivity contribution in [3.63, 3.8) is 0 Å². The van der Waals surface area contributed by atoms with E-state index in [9.17, 15) is 0 Å². The van der Waals surface area contributed by atoms with Crippen LogP contribution in [0.1, 0.15) is 26.7 Å². The smallest absolute Gasteiger partial charge is 0.0620 e. The quantitative estimate of drug-likeness (QED) is 0.721. The van der Waals surface area contributed by atoms with Gasteiger partial charge in [-0.15, -0.1) is 0 Å². The summed E-state index contributed by atoms with van der Waals surface area (Å²) in [4.78, 5) is 5.32. The lowest BCUT2D eigenvalue weighted by molar-refractivity contribution is 0.0160. The van der Waals surface area contributed by atoms with Gasteiger partial charge in [-0.3, -0.25) is 9.80 Å². The molecule has 2 atom stereocenters. The van der Waals surface area contributed by atoms with Crippen LogP contribution in [0.5, 0.6) is 0 Å². The van der Waals surface area contributed by atoms with Crippen LogP contribution in [-0.4, -0.2) is 61.8 Å². The van der Waals surface area contributed by atoms with Crippen molar-refractivity contribution in [3.8, 4) is 0 Å². The zero-order valence-corrected chi connectivity index (χ0v) is 11.0. The van der Waals surface area contributed by atoms with Gasteiger partial charge >= 0.3 is 0 Å². The molecule has 2 rings (SSSR count). The number of methoxy groups -OCH3 is 1. The maximum atomic E-state index is 5.37. The molecule has 0 aromatic heterocycles. The molecule has 0 N–H and O–H groups in total. The molecule has 0 radical (unpaired) electrons. The van der Waals surface area contributed by atoms with Gasteiger partial charge in [0, 0.05) is 38.8 Å². The van der Waals surface area contributed by atoms with E-state index in [0.29, 0.717) is 12.0 Å². The van der Waals surface area contributed by atoms with Gasteiger partial charge < -0.3 is 4.74 Å². The number of piperazine rings is 1. The molecule has 2 aliphatic heterocycles.